The molecule has 0 unspecified atom stereocenters. The molecule has 2 aromatic rings. The normalized spacial score (nSPS) is 27.8. The zero-order valence-corrected chi connectivity index (χ0v) is 15.0. The molecule has 5 atom stereocenters. The van der Waals surface area contributed by atoms with E-state index in [-0.39, 0.29) is 0 Å². The lowest BCUT2D eigenvalue weighted by molar-refractivity contribution is -0.268. The summed E-state index contributed by atoms with van der Waals surface area (Å²) in [6, 6.07) is 13.9. The molecule has 0 amide bonds. The van der Waals surface area contributed by atoms with E-state index < -0.39 is 36.7 Å². The molecule has 0 bridgehead atoms. The maximum absolute atomic E-state index is 11.8. The Bertz CT molecular complexity index is 806. The van der Waals surface area contributed by atoms with Crippen molar-refractivity contribution >= 4 is 5.97 Å². The third-order valence-corrected chi connectivity index (χ3v) is 4.53. The molecule has 7 heteroatoms. The van der Waals surface area contributed by atoms with Gasteiger partial charge in [-0.3, -0.25) is 0 Å². The number of hydrogen-bond acceptors (Lipinski definition) is 7. The monoisotopic (exact) mass is 374 g/mol. The van der Waals surface area contributed by atoms with E-state index in [2.05, 4.69) is 0 Å². The number of benzene rings is 2. The number of carbonyl (C=O) groups excluding carboxylic acids is 1. The van der Waals surface area contributed by atoms with Crippen LogP contribution in [0, 0.1) is 0 Å². The molecule has 0 spiro atoms. The third kappa shape index (κ3) is 3.96. The number of ether oxygens (including phenoxy) is 3. The predicted molar refractivity (Wildman–Crippen MR) is 96.2 cm³/mol. The molecule has 2 aromatic carbocycles. The summed E-state index contributed by atoms with van der Waals surface area (Å²) in [4.78, 5) is 11.8. The largest absolute Gasteiger partial charge is 0.465 e. The lowest BCUT2D eigenvalue weighted by Crippen LogP contribution is -2.58. The van der Waals surface area contributed by atoms with Crippen molar-refractivity contribution in [1.82, 2.24) is 0 Å². The Labute approximate surface area is 156 Å². The second kappa shape index (κ2) is 8.06. The van der Waals surface area contributed by atoms with Gasteiger partial charge < -0.3 is 29.5 Å². The molecule has 27 heavy (non-hydrogen) atoms. The van der Waals surface area contributed by atoms with Crippen molar-refractivity contribution in [2.45, 2.75) is 37.6 Å². The van der Waals surface area contributed by atoms with E-state index in [1.165, 1.54) is 7.11 Å². The second-order valence-corrected chi connectivity index (χ2v) is 6.37. The molecule has 0 saturated carbocycles. The molecule has 1 aliphatic rings. The van der Waals surface area contributed by atoms with Crippen molar-refractivity contribution < 1.29 is 34.3 Å². The maximum atomic E-state index is 11.8. The number of carbonyl (C=O) groups is 1. The van der Waals surface area contributed by atoms with E-state index in [0.29, 0.717) is 22.4 Å². The average Bonchev–Trinajstić information content (AvgIpc) is 2.70. The molecule has 1 fully saturated rings. The summed E-state index contributed by atoms with van der Waals surface area (Å²) in [7, 11) is 1.31. The lowest BCUT2D eigenvalue weighted by Gasteiger charge is -2.39. The third-order valence-electron chi connectivity index (χ3n) is 4.53. The standard InChI is InChI=1S/C20H22O7/c1-11-16(21)17(22)18(23)20(26-11)27-15-9-4-3-8-14(15)12-6-5-7-13(10-12)19(24)25-2/h3-11,16-18,20-23H,1-2H3/t11-,16+,17+,18-,20-/m0/s1. The molecule has 1 heterocycles. The summed E-state index contributed by atoms with van der Waals surface area (Å²) in [5.74, 6) is -0.0495. The van der Waals surface area contributed by atoms with Crippen LogP contribution in [-0.2, 0) is 9.47 Å². The van der Waals surface area contributed by atoms with E-state index in [1.807, 2.05) is 12.1 Å². The van der Waals surface area contributed by atoms with Gasteiger partial charge in [0.25, 0.3) is 0 Å². The Balaban J connectivity index is 1.90. The van der Waals surface area contributed by atoms with Crippen LogP contribution in [0.15, 0.2) is 48.5 Å². The summed E-state index contributed by atoms with van der Waals surface area (Å²) >= 11 is 0. The zero-order chi connectivity index (χ0) is 19.6. The fourth-order valence-corrected chi connectivity index (χ4v) is 2.98. The highest BCUT2D eigenvalue weighted by Gasteiger charge is 2.43. The van der Waals surface area contributed by atoms with Gasteiger partial charge in [-0.15, -0.1) is 0 Å². The molecule has 3 N–H and O–H groups in total. The number of aliphatic hydroxyl groups is 3. The van der Waals surface area contributed by atoms with Crippen molar-refractivity contribution in [2.75, 3.05) is 7.11 Å². The van der Waals surface area contributed by atoms with Crippen molar-refractivity contribution in [1.29, 1.82) is 0 Å². The lowest BCUT2D eigenvalue weighted by atomic mass is 9.99. The number of methoxy groups -OCH3 is 1. The van der Waals surface area contributed by atoms with Crippen LogP contribution in [0.25, 0.3) is 11.1 Å². The summed E-state index contributed by atoms with van der Waals surface area (Å²) in [5, 5.41) is 29.9. The fraction of sp³-hybridized carbons (Fsp3) is 0.350. The topological polar surface area (TPSA) is 105 Å². The molecule has 0 radical (unpaired) electrons. The van der Waals surface area contributed by atoms with Gasteiger partial charge in [-0.05, 0) is 30.7 Å². The van der Waals surface area contributed by atoms with Crippen LogP contribution in [0.4, 0.5) is 0 Å². The minimum absolute atomic E-state index is 0.394. The first-order chi connectivity index (χ1) is 12.9. The van der Waals surface area contributed by atoms with Crippen LogP contribution >= 0.6 is 0 Å². The van der Waals surface area contributed by atoms with Crippen molar-refractivity contribution in [3.63, 3.8) is 0 Å². The highest BCUT2D eigenvalue weighted by Crippen LogP contribution is 2.33. The van der Waals surface area contributed by atoms with Crippen LogP contribution in [0.2, 0.25) is 0 Å². The van der Waals surface area contributed by atoms with Gasteiger partial charge in [-0.25, -0.2) is 4.79 Å². The van der Waals surface area contributed by atoms with Crippen LogP contribution in [0.5, 0.6) is 5.75 Å². The number of esters is 1. The Morgan fingerprint density at radius 1 is 1.00 bits per heavy atom. The molecule has 144 valence electrons. The van der Waals surface area contributed by atoms with Crippen LogP contribution in [-0.4, -0.2) is 59.1 Å². The SMILES string of the molecule is COC(=O)c1cccc(-c2ccccc2O[C@@H]2O[C@@H](C)[C@@H](O)[C@@H](O)[C@@H]2O)c1. The highest BCUT2D eigenvalue weighted by atomic mass is 16.7. The van der Waals surface area contributed by atoms with Gasteiger partial charge in [-0.1, -0.05) is 30.3 Å². The number of hydrogen-bond donors (Lipinski definition) is 3. The van der Waals surface area contributed by atoms with Gasteiger partial charge in [0, 0.05) is 5.56 Å². The summed E-state index contributed by atoms with van der Waals surface area (Å²) in [6.07, 6.45) is -5.85. The predicted octanol–water partition coefficient (Wildman–Crippen LogP) is 1.35. The first-order valence-corrected chi connectivity index (χ1v) is 8.56. The molecular formula is C20H22O7. The van der Waals surface area contributed by atoms with E-state index in [0.717, 1.165) is 0 Å². The Morgan fingerprint density at radius 2 is 1.74 bits per heavy atom. The molecule has 1 aliphatic heterocycles. The zero-order valence-electron chi connectivity index (χ0n) is 15.0. The van der Waals surface area contributed by atoms with Gasteiger partial charge in [0.1, 0.15) is 24.1 Å². The Hall–Kier alpha value is -2.45. The van der Waals surface area contributed by atoms with Crippen molar-refractivity contribution in [3.8, 4) is 16.9 Å². The average molecular weight is 374 g/mol. The van der Waals surface area contributed by atoms with Gasteiger partial charge in [0.15, 0.2) is 0 Å². The van der Waals surface area contributed by atoms with Crippen molar-refractivity contribution in [3.05, 3.63) is 54.1 Å². The Kier molecular flexibility index (Phi) is 5.76. The van der Waals surface area contributed by atoms with Crippen LogP contribution in [0.3, 0.4) is 0 Å². The van der Waals surface area contributed by atoms with Gasteiger partial charge in [0.2, 0.25) is 6.29 Å². The number of aliphatic hydroxyl groups excluding tert-OH is 3. The van der Waals surface area contributed by atoms with E-state index in [1.54, 1.807) is 43.3 Å². The summed E-state index contributed by atoms with van der Waals surface area (Å²) in [6.45, 7) is 1.59. The van der Waals surface area contributed by atoms with Gasteiger partial charge in [-0.2, -0.15) is 0 Å². The number of rotatable bonds is 4. The molecule has 3 rings (SSSR count). The highest BCUT2D eigenvalue weighted by molar-refractivity contribution is 5.91. The Morgan fingerprint density at radius 3 is 2.48 bits per heavy atom. The first-order valence-electron chi connectivity index (χ1n) is 8.56. The molecule has 7 nitrogen and oxygen atoms in total. The van der Waals surface area contributed by atoms with E-state index in [9.17, 15) is 20.1 Å². The molecule has 1 saturated heterocycles. The first kappa shape index (κ1) is 19.3. The minimum Gasteiger partial charge on any atom is -0.465 e. The molecule has 0 aromatic heterocycles. The molecular weight excluding hydrogens is 352 g/mol. The fourth-order valence-electron chi connectivity index (χ4n) is 2.98. The summed E-state index contributed by atoms with van der Waals surface area (Å²) in [5.41, 5.74) is 1.78. The van der Waals surface area contributed by atoms with Crippen molar-refractivity contribution in [2.24, 2.45) is 0 Å². The smallest absolute Gasteiger partial charge is 0.337 e. The maximum Gasteiger partial charge on any atom is 0.337 e. The van der Waals surface area contributed by atoms with Crippen LogP contribution < -0.4 is 4.74 Å². The quantitative estimate of drug-likeness (QED) is 0.694. The molecule has 0 aliphatic carbocycles. The number of para-hydroxylation sites is 1. The van der Waals surface area contributed by atoms with E-state index in [4.69, 9.17) is 14.2 Å². The van der Waals surface area contributed by atoms with Gasteiger partial charge >= 0.3 is 5.97 Å². The van der Waals surface area contributed by atoms with Gasteiger partial charge in [0.05, 0.1) is 18.8 Å². The minimum atomic E-state index is -1.41. The second-order valence-electron chi connectivity index (χ2n) is 6.37. The van der Waals surface area contributed by atoms with Crippen LogP contribution in [0.1, 0.15) is 17.3 Å². The summed E-state index contributed by atoms with van der Waals surface area (Å²) < 4.78 is 16.1. The van der Waals surface area contributed by atoms with E-state index >= 15 is 0 Å².